The van der Waals surface area contributed by atoms with E-state index in [1.165, 1.54) is 0 Å². The first kappa shape index (κ1) is 20.4. The van der Waals surface area contributed by atoms with Crippen molar-refractivity contribution >= 4 is 51.5 Å². The maximum Gasteiger partial charge on any atom is 0.255 e. The first-order valence-corrected chi connectivity index (χ1v) is 9.65. The Morgan fingerprint density at radius 3 is 2.57 bits per heavy atom. The van der Waals surface area contributed by atoms with Gasteiger partial charge in [0.25, 0.3) is 5.91 Å². The van der Waals surface area contributed by atoms with Crippen LogP contribution in [0.2, 0.25) is 10.0 Å². The summed E-state index contributed by atoms with van der Waals surface area (Å²) < 4.78 is 0. The highest BCUT2D eigenvalue weighted by Gasteiger charge is 2.10. The van der Waals surface area contributed by atoms with Gasteiger partial charge < -0.3 is 15.5 Å². The summed E-state index contributed by atoms with van der Waals surface area (Å²) in [4.78, 5) is 19.3. The van der Waals surface area contributed by atoms with Crippen molar-refractivity contribution in [3.8, 4) is 0 Å². The lowest BCUT2D eigenvalue weighted by atomic mass is 10.1. The number of anilines is 2. The van der Waals surface area contributed by atoms with Gasteiger partial charge in [0, 0.05) is 29.7 Å². The highest BCUT2D eigenvalue weighted by Crippen LogP contribution is 2.25. The number of aryl methyl sites for hydroxylation is 1. The van der Waals surface area contributed by atoms with E-state index in [-0.39, 0.29) is 5.91 Å². The van der Waals surface area contributed by atoms with Gasteiger partial charge in [0.15, 0.2) is 0 Å². The second-order valence-electron chi connectivity index (χ2n) is 6.87. The molecule has 0 unspecified atom stereocenters. The minimum atomic E-state index is -0.245. The average molecular weight is 417 g/mol. The normalized spacial score (nSPS) is 11.1. The summed E-state index contributed by atoms with van der Waals surface area (Å²) in [5.41, 5.74) is 3.11. The van der Waals surface area contributed by atoms with E-state index in [2.05, 4.69) is 20.5 Å². The Balaban J connectivity index is 1.79. The molecule has 0 aliphatic carbocycles. The van der Waals surface area contributed by atoms with Crippen LogP contribution in [0.15, 0.2) is 42.5 Å². The van der Waals surface area contributed by atoms with Gasteiger partial charge >= 0.3 is 0 Å². The molecule has 0 atom stereocenters. The predicted octanol–water partition coefficient (Wildman–Crippen LogP) is 5.08. The van der Waals surface area contributed by atoms with Crippen LogP contribution in [0.25, 0.3) is 10.9 Å². The molecule has 0 fully saturated rings. The number of benzene rings is 2. The third-order valence-electron chi connectivity index (χ3n) is 4.32. The quantitative estimate of drug-likeness (QED) is 0.588. The van der Waals surface area contributed by atoms with E-state index < -0.39 is 0 Å². The number of hydrogen-bond donors (Lipinski definition) is 2. The number of likely N-dealkylation sites (N-methyl/N-ethyl adjacent to an activating group) is 1. The van der Waals surface area contributed by atoms with Crippen LogP contribution in [-0.2, 0) is 0 Å². The van der Waals surface area contributed by atoms with Crippen LogP contribution in [0.4, 0.5) is 11.5 Å². The van der Waals surface area contributed by atoms with E-state index in [1.54, 1.807) is 18.2 Å². The van der Waals surface area contributed by atoms with Crippen molar-refractivity contribution in [3.63, 3.8) is 0 Å². The minimum absolute atomic E-state index is 0.245. The zero-order valence-electron chi connectivity index (χ0n) is 16.0. The van der Waals surface area contributed by atoms with Crippen LogP contribution in [-0.4, -0.2) is 43.0 Å². The molecule has 5 nitrogen and oxygen atoms in total. The van der Waals surface area contributed by atoms with Crippen molar-refractivity contribution in [1.82, 2.24) is 9.88 Å². The van der Waals surface area contributed by atoms with E-state index in [0.29, 0.717) is 21.3 Å². The number of nitrogens with zero attached hydrogens (tertiary/aromatic N) is 2. The average Bonchev–Trinajstić information content (AvgIpc) is 2.64. The third-order valence-corrected chi connectivity index (χ3v) is 5.06. The molecule has 0 saturated heterocycles. The van der Waals surface area contributed by atoms with E-state index in [0.717, 1.165) is 35.4 Å². The van der Waals surface area contributed by atoms with Gasteiger partial charge in [-0.3, -0.25) is 4.79 Å². The number of carbonyl (C=O) groups excluding carboxylic acids is 1. The van der Waals surface area contributed by atoms with Crippen LogP contribution >= 0.6 is 23.2 Å². The van der Waals surface area contributed by atoms with Crippen LogP contribution < -0.4 is 10.6 Å². The molecule has 2 N–H and O–H groups in total. The van der Waals surface area contributed by atoms with E-state index in [9.17, 15) is 4.79 Å². The van der Waals surface area contributed by atoms with Gasteiger partial charge in [0.05, 0.1) is 15.6 Å². The minimum Gasteiger partial charge on any atom is -0.369 e. The number of nitrogens with one attached hydrogen (secondary N) is 2. The number of amides is 1. The Morgan fingerprint density at radius 2 is 1.86 bits per heavy atom. The molecule has 1 amide bonds. The summed E-state index contributed by atoms with van der Waals surface area (Å²) in [6.45, 7) is 3.78. The number of pyridine rings is 1. The Labute approximate surface area is 174 Å². The largest absolute Gasteiger partial charge is 0.369 e. The number of hydrogen-bond acceptors (Lipinski definition) is 4. The lowest BCUT2D eigenvalue weighted by Crippen LogP contribution is -2.21. The fraction of sp³-hybridized carbons (Fsp3) is 0.238. The van der Waals surface area contributed by atoms with Crippen LogP contribution in [0, 0.1) is 6.92 Å². The topological polar surface area (TPSA) is 57.3 Å². The molecule has 0 aliphatic heterocycles. The number of aromatic nitrogens is 1. The predicted molar refractivity (Wildman–Crippen MR) is 118 cm³/mol. The monoisotopic (exact) mass is 416 g/mol. The molecular formula is C21H22Cl2N4O. The Kier molecular flexibility index (Phi) is 6.39. The van der Waals surface area contributed by atoms with Crippen LogP contribution in [0.5, 0.6) is 0 Å². The fourth-order valence-corrected chi connectivity index (χ4v) is 3.11. The molecule has 0 radical (unpaired) electrons. The maximum atomic E-state index is 12.5. The summed E-state index contributed by atoms with van der Waals surface area (Å²) >= 11 is 11.9. The van der Waals surface area contributed by atoms with Crippen molar-refractivity contribution in [3.05, 3.63) is 63.6 Å². The number of rotatable bonds is 6. The van der Waals surface area contributed by atoms with Gasteiger partial charge in [-0.05, 0) is 69.0 Å². The van der Waals surface area contributed by atoms with Crippen LogP contribution in [0.1, 0.15) is 15.9 Å². The number of carbonyl (C=O) groups is 1. The molecule has 146 valence electrons. The second kappa shape index (κ2) is 8.78. The van der Waals surface area contributed by atoms with Crippen LogP contribution in [0.3, 0.4) is 0 Å². The van der Waals surface area contributed by atoms with Gasteiger partial charge in [0.1, 0.15) is 5.82 Å². The number of halogens is 2. The van der Waals surface area contributed by atoms with Crippen molar-refractivity contribution in [2.75, 3.05) is 37.8 Å². The zero-order valence-corrected chi connectivity index (χ0v) is 17.5. The molecule has 1 heterocycles. The van der Waals surface area contributed by atoms with Gasteiger partial charge in [-0.1, -0.05) is 23.2 Å². The maximum absolute atomic E-state index is 12.5. The summed E-state index contributed by atoms with van der Waals surface area (Å²) in [7, 11) is 4.07. The first-order valence-electron chi connectivity index (χ1n) is 8.90. The summed E-state index contributed by atoms with van der Waals surface area (Å²) in [6, 6.07) is 12.5. The number of fused-ring (bicyclic) bond motifs is 1. The molecule has 2 aromatic carbocycles. The lowest BCUT2D eigenvalue weighted by molar-refractivity contribution is 0.102. The standard InChI is InChI=1S/C21H22Cl2N4O/c1-13-10-20(24-8-9-27(2)3)26-19-7-5-15(12-16(13)19)25-21(28)14-4-6-17(22)18(23)11-14/h4-7,10-12H,8-9H2,1-3H3,(H,24,26)(H,25,28). The van der Waals surface area contributed by atoms with E-state index in [1.807, 2.05) is 45.3 Å². The Morgan fingerprint density at radius 1 is 1.07 bits per heavy atom. The summed E-state index contributed by atoms with van der Waals surface area (Å²) in [6.07, 6.45) is 0. The van der Waals surface area contributed by atoms with Gasteiger partial charge in [-0.15, -0.1) is 0 Å². The Hall–Kier alpha value is -2.34. The van der Waals surface area contributed by atoms with Gasteiger partial charge in [-0.25, -0.2) is 4.98 Å². The fourth-order valence-electron chi connectivity index (χ4n) is 2.81. The lowest BCUT2D eigenvalue weighted by Gasteiger charge is -2.13. The summed E-state index contributed by atoms with van der Waals surface area (Å²) in [5.74, 6) is 0.602. The molecule has 3 aromatic rings. The van der Waals surface area contributed by atoms with E-state index in [4.69, 9.17) is 23.2 Å². The van der Waals surface area contributed by atoms with Crippen molar-refractivity contribution in [1.29, 1.82) is 0 Å². The van der Waals surface area contributed by atoms with Gasteiger partial charge in [-0.2, -0.15) is 0 Å². The first-order chi connectivity index (χ1) is 13.3. The Bertz CT molecular complexity index is 1020. The van der Waals surface area contributed by atoms with Crippen molar-refractivity contribution in [2.45, 2.75) is 6.92 Å². The zero-order chi connectivity index (χ0) is 20.3. The molecule has 0 aliphatic rings. The molecule has 3 rings (SSSR count). The summed E-state index contributed by atoms with van der Waals surface area (Å²) in [5, 5.41) is 7.99. The molecule has 28 heavy (non-hydrogen) atoms. The highest BCUT2D eigenvalue weighted by atomic mass is 35.5. The highest BCUT2D eigenvalue weighted by molar-refractivity contribution is 6.42. The molecule has 0 spiro atoms. The molecule has 0 saturated carbocycles. The smallest absolute Gasteiger partial charge is 0.255 e. The second-order valence-corrected chi connectivity index (χ2v) is 7.68. The van der Waals surface area contributed by atoms with Gasteiger partial charge in [0.2, 0.25) is 0 Å². The SMILES string of the molecule is Cc1cc(NCCN(C)C)nc2ccc(NC(=O)c3ccc(Cl)c(Cl)c3)cc12. The molecule has 7 heteroatoms. The molecular weight excluding hydrogens is 395 g/mol. The third kappa shape index (κ3) is 4.93. The van der Waals surface area contributed by atoms with Crippen molar-refractivity contribution in [2.24, 2.45) is 0 Å². The molecule has 0 bridgehead atoms. The van der Waals surface area contributed by atoms with E-state index >= 15 is 0 Å². The molecule has 1 aromatic heterocycles. The van der Waals surface area contributed by atoms with Crippen molar-refractivity contribution < 1.29 is 4.79 Å².